The third kappa shape index (κ3) is 2.35. The molecule has 0 spiro atoms. The second-order valence-electron chi connectivity index (χ2n) is 3.17. The topological polar surface area (TPSA) is 82.5 Å². The monoisotopic (exact) mass is 196 g/mol. The van der Waals surface area contributed by atoms with E-state index in [-0.39, 0.29) is 23.4 Å². The standard InChI is InChI=1S/C9H12N2O3/c1-5(2)10-8(13)6-3-4-7(12)9(14)11-6/h3-5,12H,1-2H3,(H,10,13)(H,11,14). The number of nitrogens with one attached hydrogen (secondary N) is 1. The van der Waals surface area contributed by atoms with E-state index in [1.807, 2.05) is 13.8 Å². The van der Waals surface area contributed by atoms with Crippen LogP contribution in [0, 0.1) is 0 Å². The number of hydrogen-bond acceptors (Lipinski definition) is 4. The Labute approximate surface area is 81.4 Å². The van der Waals surface area contributed by atoms with Crippen molar-refractivity contribution in [3.63, 3.8) is 0 Å². The van der Waals surface area contributed by atoms with Crippen LogP contribution in [0.25, 0.3) is 0 Å². The molecule has 0 aromatic carbocycles. The number of aromatic hydroxyl groups is 2. The Kier molecular flexibility index (Phi) is 2.91. The number of hydrogen-bond donors (Lipinski definition) is 3. The van der Waals surface area contributed by atoms with Crippen LogP contribution in [0.3, 0.4) is 0 Å². The average molecular weight is 196 g/mol. The third-order valence-corrected chi connectivity index (χ3v) is 1.51. The first-order chi connectivity index (χ1) is 6.50. The Morgan fingerprint density at radius 1 is 1.43 bits per heavy atom. The van der Waals surface area contributed by atoms with E-state index in [0.717, 1.165) is 0 Å². The second-order valence-corrected chi connectivity index (χ2v) is 3.17. The molecule has 0 bridgehead atoms. The number of pyridine rings is 1. The molecule has 0 saturated carbocycles. The Morgan fingerprint density at radius 2 is 2.07 bits per heavy atom. The van der Waals surface area contributed by atoms with Crippen LogP contribution in [0.2, 0.25) is 0 Å². The Bertz CT molecular complexity index is 350. The predicted molar refractivity (Wildman–Crippen MR) is 50.2 cm³/mol. The van der Waals surface area contributed by atoms with E-state index in [2.05, 4.69) is 10.3 Å². The molecule has 3 N–H and O–H groups in total. The first-order valence-corrected chi connectivity index (χ1v) is 4.20. The molecular formula is C9H12N2O3. The first-order valence-electron chi connectivity index (χ1n) is 4.20. The molecule has 1 aromatic heterocycles. The zero-order chi connectivity index (χ0) is 10.7. The summed E-state index contributed by atoms with van der Waals surface area (Å²) in [6, 6.07) is 2.56. The van der Waals surface area contributed by atoms with E-state index in [9.17, 15) is 4.79 Å². The number of carbonyl (C=O) groups is 1. The van der Waals surface area contributed by atoms with E-state index >= 15 is 0 Å². The Balaban J connectivity index is 2.86. The minimum absolute atomic E-state index is 0.000228. The van der Waals surface area contributed by atoms with Gasteiger partial charge in [0.05, 0.1) is 0 Å². The lowest BCUT2D eigenvalue weighted by Gasteiger charge is -2.07. The van der Waals surface area contributed by atoms with Gasteiger partial charge in [-0.3, -0.25) is 4.79 Å². The fraction of sp³-hybridized carbons (Fsp3) is 0.333. The number of carbonyl (C=O) groups excluding carboxylic acids is 1. The van der Waals surface area contributed by atoms with Crippen molar-refractivity contribution in [3.05, 3.63) is 17.8 Å². The van der Waals surface area contributed by atoms with Crippen molar-refractivity contribution in [1.29, 1.82) is 0 Å². The summed E-state index contributed by atoms with van der Waals surface area (Å²) in [5.74, 6) is -1.26. The van der Waals surface area contributed by atoms with Crippen molar-refractivity contribution in [2.75, 3.05) is 0 Å². The summed E-state index contributed by atoms with van der Waals surface area (Å²) in [4.78, 5) is 14.9. The van der Waals surface area contributed by atoms with Crippen molar-refractivity contribution < 1.29 is 15.0 Å². The summed E-state index contributed by atoms with van der Waals surface area (Å²) in [6.45, 7) is 3.64. The van der Waals surface area contributed by atoms with Crippen LogP contribution >= 0.6 is 0 Å². The van der Waals surface area contributed by atoms with Crippen LogP contribution < -0.4 is 5.32 Å². The Hall–Kier alpha value is -1.78. The van der Waals surface area contributed by atoms with Crippen molar-refractivity contribution >= 4 is 5.91 Å². The molecule has 76 valence electrons. The molecule has 0 radical (unpaired) electrons. The Morgan fingerprint density at radius 3 is 2.57 bits per heavy atom. The molecule has 0 aliphatic carbocycles. The lowest BCUT2D eigenvalue weighted by Crippen LogP contribution is -2.30. The fourth-order valence-corrected chi connectivity index (χ4v) is 0.904. The smallest absolute Gasteiger partial charge is 0.270 e. The van der Waals surface area contributed by atoms with Crippen LogP contribution in [0.4, 0.5) is 0 Å². The van der Waals surface area contributed by atoms with Crippen LogP contribution in [0.5, 0.6) is 11.6 Å². The van der Waals surface area contributed by atoms with Gasteiger partial charge in [-0.1, -0.05) is 0 Å². The van der Waals surface area contributed by atoms with Crippen LogP contribution in [0.1, 0.15) is 24.3 Å². The molecule has 5 heteroatoms. The summed E-state index contributed by atoms with van der Waals surface area (Å²) in [6.07, 6.45) is 0. The maximum Gasteiger partial charge on any atom is 0.270 e. The zero-order valence-corrected chi connectivity index (χ0v) is 7.98. The lowest BCUT2D eigenvalue weighted by molar-refractivity contribution is 0.0937. The third-order valence-electron chi connectivity index (χ3n) is 1.51. The number of aromatic nitrogens is 1. The summed E-state index contributed by atoms with van der Waals surface area (Å²) >= 11 is 0. The number of nitrogens with zero attached hydrogens (tertiary/aromatic N) is 1. The number of rotatable bonds is 2. The molecular weight excluding hydrogens is 184 g/mol. The van der Waals surface area contributed by atoms with Crippen LogP contribution in [-0.2, 0) is 0 Å². The highest BCUT2D eigenvalue weighted by molar-refractivity contribution is 5.92. The average Bonchev–Trinajstić information content (AvgIpc) is 2.08. The van der Waals surface area contributed by atoms with E-state index in [1.165, 1.54) is 12.1 Å². The van der Waals surface area contributed by atoms with E-state index < -0.39 is 5.88 Å². The second kappa shape index (κ2) is 3.95. The molecule has 0 atom stereocenters. The van der Waals surface area contributed by atoms with Gasteiger partial charge in [0.25, 0.3) is 11.8 Å². The van der Waals surface area contributed by atoms with Gasteiger partial charge in [-0.15, -0.1) is 0 Å². The summed E-state index contributed by atoms with van der Waals surface area (Å²) in [5.41, 5.74) is 0.0778. The molecule has 0 saturated heterocycles. The summed E-state index contributed by atoms with van der Waals surface area (Å²) in [5, 5.41) is 20.6. The highest BCUT2D eigenvalue weighted by Gasteiger charge is 2.10. The van der Waals surface area contributed by atoms with Crippen molar-refractivity contribution in [2.24, 2.45) is 0 Å². The molecule has 0 aliphatic rings. The van der Waals surface area contributed by atoms with Gasteiger partial charge in [-0.05, 0) is 26.0 Å². The highest BCUT2D eigenvalue weighted by Crippen LogP contribution is 2.20. The molecule has 14 heavy (non-hydrogen) atoms. The molecule has 0 aliphatic heterocycles. The maximum atomic E-state index is 11.4. The van der Waals surface area contributed by atoms with E-state index in [1.54, 1.807) is 0 Å². The van der Waals surface area contributed by atoms with Gasteiger partial charge < -0.3 is 15.5 Å². The van der Waals surface area contributed by atoms with E-state index in [4.69, 9.17) is 10.2 Å². The minimum atomic E-state index is -0.540. The molecule has 1 amide bonds. The van der Waals surface area contributed by atoms with Crippen molar-refractivity contribution in [1.82, 2.24) is 10.3 Å². The molecule has 0 fully saturated rings. The van der Waals surface area contributed by atoms with Crippen LogP contribution in [-0.4, -0.2) is 27.1 Å². The maximum absolute atomic E-state index is 11.4. The van der Waals surface area contributed by atoms with Gasteiger partial charge in [0.15, 0.2) is 5.75 Å². The summed E-state index contributed by atoms with van der Waals surface area (Å²) in [7, 11) is 0. The van der Waals surface area contributed by atoms with Gasteiger partial charge in [-0.25, -0.2) is 4.98 Å². The lowest BCUT2D eigenvalue weighted by atomic mass is 10.3. The van der Waals surface area contributed by atoms with Crippen LogP contribution in [0.15, 0.2) is 12.1 Å². The quantitative estimate of drug-likeness (QED) is 0.648. The summed E-state index contributed by atoms with van der Waals surface area (Å²) < 4.78 is 0. The van der Waals surface area contributed by atoms with Gasteiger partial charge >= 0.3 is 0 Å². The van der Waals surface area contributed by atoms with Gasteiger partial charge in [0.2, 0.25) is 0 Å². The van der Waals surface area contributed by atoms with E-state index in [0.29, 0.717) is 0 Å². The zero-order valence-electron chi connectivity index (χ0n) is 7.98. The molecule has 1 aromatic rings. The largest absolute Gasteiger partial charge is 0.503 e. The predicted octanol–water partition coefficient (Wildman–Crippen LogP) is 0.631. The van der Waals surface area contributed by atoms with Crippen molar-refractivity contribution in [2.45, 2.75) is 19.9 Å². The fourth-order valence-electron chi connectivity index (χ4n) is 0.904. The van der Waals surface area contributed by atoms with Gasteiger partial charge in [-0.2, -0.15) is 0 Å². The molecule has 5 nitrogen and oxygen atoms in total. The van der Waals surface area contributed by atoms with Crippen molar-refractivity contribution in [3.8, 4) is 11.6 Å². The molecule has 1 heterocycles. The SMILES string of the molecule is CC(C)NC(=O)c1ccc(O)c(O)n1. The molecule has 0 unspecified atom stereocenters. The number of amides is 1. The van der Waals surface area contributed by atoms with Gasteiger partial charge in [0.1, 0.15) is 5.69 Å². The highest BCUT2D eigenvalue weighted by atomic mass is 16.3. The normalized spacial score (nSPS) is 10.2. The minimum Gasteiger partial charge on any atom is -0.503 e. The molecule has 1 rings (SSSR count). The first kappa shape index (κ1) is 10.3. The van der Waals surface area contributed by atoms with Gasteiger partial charge in [0, 0.05) is 6.04 Å².